The molecule has 0 aliphatic heterocycles. The molecule has 0 saturated heterocycles. The van der Waals surface area contributed by atoms with Crippen LogP contribution in [0, 0.1) is 0 Å². The van der Waals surface area contributed by atoms with Crippen molar-refractivity contribution in [2.75, 3.05) is 0 Å². The monoisotopic (exact) mass is 232 g/mol. The van der Waals surface area contributed by atoms with Crippen LogP contribution in [0.3, 0.4) is 0 Å². The Morgan fingerprint density at radius 1 is 1.44 bits per heavy atom. The number of thiophene rings is 1. The Labute approximate surface area is 93.7 Å². The van der Waals surface area contributed by atoms with E-state index in [9.17, 15) is 4.79 Å². The van der Waals surface area contributed by atoms with Gasteiger partial charge >= 0.3 is 5.69 Å². The maximum absolute atomic E-state index is 11.2. The van der Waals surface area contributed by atoms with Crippen LogP contribution in [0.4, 0.5) is 0 Å². The summed E-state index contributed by atoms with van der Waals surface area (Å²) < 4.78 is 1.61. The lowest BCUT2D eigenvalue weighted by Gasteiger charge is -1.95. The molecule has 3 aromatic rings. The predicted octanol–water partition coefficient (Wildman–Crippen LogP) is 1.12. The molecule has 6 heteroatoms. The molecule has 0 aromatic carbocycles. The number of nitrogens with one attached hydrogen (secondary N) is 1. The van der Waals surface area contributed by atoms with Gasteiger partial charge in [-0.15, -0.1) is 11.3 Å². The minimum Gasteiger partial charge on any atom is -0.244 e. The van der Waals surface area contributed by atoms with Gasteiger partial charge in [0.2, 0.25) is 0 Å². The Morgan fingerprint density at radius 3 is 3.31 bits per heavy atom. The number of rotatable bonds is 0. The minimum absolute atomic E-state index is 0.313. The molecule has 3 heterocycles. The van der Waals surface area contributed by atoms with Crippen molar-refractivity contribution in [3.8, 4) is 0 Å². The molecule has 16 heavy (non-hydrogen) atoms. The van der Waals surface area contributed by atoms with Crippen LogP contribution in [0.25, 0.3) is 15.9 Å². The fourth-order valence-corrected chi connectivity index (χ4v) is 3.64. The van der Waals surface area contributed by atoms with Crippen molar-refractivity contribution in [2.45, 2.75) is 19.3 Å². The van der Waals surface area contributed by atoms with E-state index in [1.165, 1.54) is 16.9 Å². The van der Waals surface area contributed by atoms with Gasteiger partial charge < -0.3 is 0 Å². The van der Waals surface area contributed by atoms with E-state index in [1.54, 1.807) is 22.2 Å². The second-order valence-corrected chi connectivity index (χ2v) is 5.09. The summed E-state index contributed by atoms with van der Waals surface area (Å²) in [5, 5.41) is 3.69. The summed E-state index contributed by atoms with van der Waals surface area (Å²) >= 11 is 1.73. The van der Waals surface area contributed by atoms with Gasteiger partial charge in [0.15, 0.2) is 5.65 Å². The zero-order valence-electron chi connectivity index (χ0n) is 8.36. The highest BCUT2D eigenvalue weighted by Crippen LogP contribution is 2.37. The Bertz CT molecular complexity index is 766. The van der Waals surface area contributed by atoms with Gasteiger partial charge in [-0.25, -0.2) is 19.4 Å². The van der Waals surface area contributed by atoms with Crippen molar-refractivity contribution >= 4 is 27.2 Å². The Kier molecular flexibility index (Phi) is 1.43. The Balaban J connectivity index is 2.30. The molecule has 0 spiro atoms. The Morgan fingerprint density at radius 2 is 2.38 bits per heavy atom. The highest BCUT2D eigenvalue weighted by molar-refractivity contribution is 7.19. The minimum atomic E-state index is -0.313. The molecule has 0 saturated carbocycles. The Hall–Kier alpha value is -1.69. The van der Waals surface area contributed by atoms with Crippen molar-refractivity contribution in [2.24, 2.45) is 0 Å². The number of aromatic amines is 1. The van der Waals surface area contributed by atoms with E-state index in [-0.39, 0.29) is 5.69 Å². The SMILES string of the molecule is O=c1nc2c3c4c(sc3ncn2[nH]1)CCC4. The number of aryl methyl sites for hydroxylation is 2. The number of nitrogens with zero attached hydrogens (tertiary/aromatic N) is 3. The number of hydrogen-bond acceptors (Lipinski definition) is 4. The summed E-state index contributed by atoms with van der Waals surface area (Å²) in [5.74, 6) is 0. The molecule has 0 bridgehead atoms. The fraction of sp³-hybridized carbons (Fsp3) is 0.300. The van der Waals surface area contributed by atoms with E-state index in [2.05, 4.69) is 15.1 Å². The van der Waals surface area contributed by atoms with Gasteiger partial charge in [-0.2, -0.15) is 4.98 Å². The van der Waals surface area contributed by atoms with Crippen molar-refractivity contribution in [1.82, 2.24) is 19.6 Å². The van der Waals surface area contributed by atoms with Crippen LogP contribution in [0.2, 0.25) is 0 Å². The topological polar surface area (TPSA) is 63.1 Å². The maximum Gasteiger partial charge on any atom is 0.362 e. The van der Waals surface area contributed by atoms with E-state index < -0.39 is 0 Å². The zero-order chi connectivity index (χ0) is 10.7. The molecule has 0 fully saturated rings. The van der Waals surface area contributed by atoms with Crippen LogP contribution in [-0.2, 0) is 12.8 Å². The second kappa shape index (κ2) is 2.70. The molecule has 0 radical (unpaired) electrons. The van der Waals surface area contributed by atoms with Gasteiger partial charge in [0.05, 0.1) is 5.39 Å². The van der Waals surface area contributed by atoms with E-state index in [0.717, 1.165) is 28.7 Å². The summed E-state index contributed by atoms with van der Waals surface area (Å²) in [5.41, 5.74) is 1.75. The van der Waals surface area contributed by atoms with Crippen LogP contribution in [-0.4, -0.2) is 19.6 Å². The van der Waals surface area contributed by atoms with E-state index in [0.29, 0.717) is 0 Å². The summed E-state index contributed by atoms with van der Waals surface area (Å²) in [4.78, 5) is 22.0. The van der Waals surface area contributed by atoms with Crippen LogP contribution in [0.5, 0.6) is 0 Å². The average molecular weight is 232 g/mol. The maximum atomic E-state index is 11.2. The molecule has 1 aliphatic carbocycles. The normalized spacial score (nSPS) is 15.0. The largest absolute Gasteiger partial charge is 0.362 e. The number of H-pyrrole nitrogens is 1. The molecule has 3 aromatic heterocycles. The predicted molar refractivity (Wildman–Crippen MR) is 61.0 cm³/mol. The smallest absolute Gasteiger partial charge is 0.244 e. The van der Waals surface area contributed by atoms with Crippen molar-refractivity contribution < 1.29 is 0 Å². The highest BCUT2D eigenvalue weighted by atomic mass is 32.1. The van der Waals surface area contributed by atoms with Crippen molar-refractivity contribution in [3.63, 3.8) is 0 Å². The lowest BCUT2D eigenvalue weighted by molar-refractivity contribution is 0.907. The number of hydrogen-bond donors (Lipinski definition) is 1. The lowest BCUT2D eigenvalue weighted by Crippen LogP contribution is -2.01. The third-order valence-electron chi connectivity index (χ3n) is 3.07. The van der Waals surface area contributed by atoms with E-state index in [4.69, 9.17) is 0 Å². The molecule has 4 rings (SSSR count). The van der Waals surface area contributed by atoms with Crippen LogP contribution in [0.15, 0.2) is 11.1 Å². The lowest BCUT2D eigenvalue weighted by atomic mass is 10.2. The highest BCUT2D eigenvalue weighted by Gasteiger charge is 2.21. The average Bonchev–Trinajstić information content (AvgIpc) is 2.86. The van der Waals surface area contributed by atoms with Gasteiger partial charge in [-0.05, 0) is 24.8 Å². The van der Waals surface area contributed by atoms with Crippen LogP contribution in [0.1, 0.15) is 16.9 Å². The molecule has 0 atom stereocenters. The van der Waals surface area contributed by atoms with Crippen LogP contribution < -0.4 is 5.69 Å². The van der Waals surface area contributed by atoms with Gasteiger partial charge in [0.1, 0.15) is 11.2 Å². The van der Waals surface area contributed by atoms with Crippen LogP contribution >= 0.6 is 11.3 Å². The standard InChI is InChI=1S/C10H8N4OS/c15-10-12-8-7-5-2-1-3-6(5)16-9(7)11-4-14(8)13-10/h4H,1-3H2,(H,13,15). The third-order valence-corrected chi connectivity index (χ3v) is 4.27. The molecular weight excluding hydrogens is 224 g/mol. The van der Waals surface area contributed by atoms with Gasteiger partial charge in [0, 0.05) is 4.88 Å². The fourth-order valence-electron chi connectivity index (χ4n) is 2.41. The first-order chi connectivity index (χ1) is 7.83. The van der Waals surface area contributed by atoms with E-state index >= 15 is 0 Å². The molecule has 0 unspecified atom stereocenters. The summed E-state index contributed by atoms with van der Waals surface area (Å²) in [6, 6.07) is 0. The third kappa shape index (κ3) is 0.923. The van der Waals surface area contributed by atoms with Gasteiger partial charge in [-0.1, -0.05) is 0 Å². The number of fused-ring (bicyclic) bond motifs is 5. The first-order valence-electron chi connectivity index (χ1n) is 5.20. The molecule has 0 amide bonds. The zero-order valence-corrected chi connectivity index (χ0v) is 9.17. The first kappa shape index (κ1) is 8.46. The van der Waals surface area contributed by atoms with Gasteiger partial charge in [-0.3, -0.25) is 0 Å². The molecule has 5 nitrogen and oxygen atoms in total. The quantitative estimate of drug-likeness (QED) is 0.631. The van der Waals surface area contributed by atoms with E-state index in [1.807, 2.05) is 0 Å². The van der Waals surface area contributed by atoms with Crippen molar-refractivity contribution in [3.05, 3.63) is 27.3 Å². The number of aromatic nitrogens is 4. The molecule has 80 valence electrons. The van der Waals surface area contributed by atoms with Crippen molar-refractivity contribution in [1.29, 1.82) is 0 Å². The molecule has 1 N–H and O–H groups in total. The van der Waals surface area contributed by atoms with Gasteiger partial charge in [0.25, 0.3) is 0 Å². The summed E-state index contributed by atoms with van der Waals surface area (Å²) in [7, 11) is 0. The molecule has 1 aliphatic rings. The summed E-state index contributed by atoms with van der Waals surface area (Å²) in [6.45, 7) is 0. The summed E-state index contributed by atoms with van der Waals surface area (Å²) in [6.07, 6.45) is 5.04. The molecular formula is C10H8N4OS. The second-order valence-electron chi connectivity index (χ2n) is 4.00. The first-order valence-corrected chi connectivity index (χ1v) is 6.02.